The van der Waals surface area contributed by atoms with Crippen LogP contribution in [-0.4, -0.2) is 48.0 Å². The molecule has 0 saturated carbocycles. The van der Waals surface area contributed by atoms with E-state index in [0.717, 1.165) is 36.2 Å². The summed E-state index contributed by atoms with van der Waals surface area (Å²) in [6.07, 6.45) is 5.44. The fourth-order valence-electron chi connectivity index (χ4n) is 3.36. The molecule has 1 N–H and O–H groups in total. The number of benzene rings is 1. The number of rotatable bonds is 6. The van der Waals surface area contributed by atoms with Crippen LogP contribution >= 0.6 is 11.3 Å². The summed E-state index contributed by atoms with van der Waals surface area (Å²) in [5, 5.41) is 13.3. The number of methoxy groups -OCH3 is 2. The Labute approximate surface area is 173 Å². The van der Waals surface area contributed by atoms with Crippen molar-refractivity contribution in [1.82, 2.24) is 14.8 Å². The highest BCUT2D eigenvalue weighted by Gasteiger charge is 2.27. The van der Waals surface area contributed by atoms with Gasteiger partial charge in [0, 0.05) is 55.3 Å². The van der Waals surface area contributed by atoms with Gasteiger partial charge in [0.05, 0.1) is 14.2 Å². The average Bonchev–Trinajstić information content (AvgIpc) is 3.45. The summed E-state index contributed by atoms with van der Waals surface area (Å²) in [6, 6.07) is 9.28. The van der Waals surface area contributed by atoms with E-state index in [1.165, 1.54) is 0 Å². The van der Waals surface area contributed by atoms with Crippen molar-refractivity contribution in [3.63, 3.8) is 0 Å². The maximum Gasteiger partial charge on any atom is 0.227 e. The molecule has 3 aromatic rings. The molecule has 1 amide bonds. The van der Waals surface area contributed by atoms with Gasteiger partial charge in [0.25, 0.3) is 0 Å². The zero-order valence-corrected chi connectivity index (χ0v) is 17.2. The molecule has 0 bridgehead atoms. The second-order valence-electron chi connectivity index (χ2n) is 6.81. The summed E-state index contributed by atoms with van der Waals surface area (Å²) in [7, 11) is 3.18. The van der Waals surface area contributed by atoms with Crippen LogP contribution in [0.2, 0.25) is 0 Å². The highest BCUT2D eigenvalue weighted by molar-refractivity contribution is 7.17. The summed E-state index contributed by atoms with van der Waals surface area (Å²) >= 11 is 1.56. The number of aromatic nitrogens is 3. The Bertz CT molecular complexity index is 942. The quantitative estimate of drug-likeness (QED) is 0.668. The van der Waals surface area contributed by atoms with Crippen molar-refractivity contribution < 1.29 is 14.3 Å². The Hall–Kier alpha value is -3.07. The Kier molecular flexibility index (Phi) is 5.66. The molecule has 8 nitrogen and oxygen atoms in total. The number of ether oxygens (including phenoxy) is 2. The molecule has 0 atom stereocenters. The van der Waals surface area contributed by atoms with Gasteiger partial charge in [-0.3, -0.25) is 9.36 Å². The number of piperidine rings is 1. The minimum atomic E-state index is -0.0414. The Morgan fingerprint density at radius 3 is 2.28 bits per heavy atom. The Morgan fingerprint density at radius 1 is 1.03 bits per heavy atom. The molecule has 2 aromatic heterocycles. The van der Waals surface area contributed by atoms with Gasteiger partial charge < -0.3 is 19.7 Å². The molecule has 1 aliphatic rings. The summed E-state index contributed by atoms with van der Waals surface area (Å²) in [6.45, 7) is 1.56. The first-order chi connectivity index (χ1) is 14.2. The molecule has 0 aliphatic carbocycles. The number of hydrogen-bond donors (Lipinski definition) is 1. The number of anilines is 2. The predicted molar refractivity (Wildman–Crippen MR) is 112 cm³/mol. The van der Waals surface area contributed by atoms with E-state index >= 15 is 0 Å². The number of nitrogens with zero attached hydrogens (tertiary/aromatic N) is 4. The van der Waals surface area contributed by atoms with Gasteiger partial charge in [-0.25, -0.2) is 0 Å². The monoisotopic (exact) mass is 413 g/mol. The Balaban J connectivity index is 1.35. The SMILES string of the molecule is COc1cc(NC(=O)C2CCN(c3nnc(-n4cccc4)s3)CC2)cc(OC)c1. The second kappa shape index (κ2) is 8.52. The van der Waals surface area contributed by atoms with Crippen LogP contribution in [0.15, 0.2) is 42.7 Å². The van der Waals surface area contributed by atoms with E-state index in [1.807, 2.05) is 29.1 Å². The van der Waals surface area contributed by atoms with Gasteiger partial charge in [-0.1, -0.05) is 11.3 Å². The minimum absolute atomic E-state index is 0.0188. The lowest BCUT2D eigenvalue weighted by molar-refractivity contribution is -0.120. The predicted octanol–water partition coefficient (Wildman–Crippen LogP) is 3.20. The third-order valence-corrected chi connectivity index (χ3v) is 5.98. The molecule has 29 heavy (non-hydrogen) atoms. The maximum atomic E-state index is 12.7. The zero-order chi connectivity index (χ0) is 20.2. The van der Waals surface area contributed by atoms with E-state index in [0.29, 0.717) is 17.2 Å². The van der Waals surface area contributed by atoms with Crippen molar-refractivity contribution in [2.24, 2.45) is 5.92 Å². The zero-order valence-electron chi connectivity index (χ0n) is 16.4. The summed E-state index contributed by atoms with van der Waals surface area (Å²) in [5.41, 5.74) is 0.675. The normalized spacial score (nSPS) is 14.6. The van der Waals surface area contributed by atoms with Crippen molar-refractivity contribution in [3.05, 3.63) is 42.7 Å². The number of hydrogen-bond acceptors (Lipinski definition) is 7. The van der Waals surface area contributed by atoms with Crippen LogP contribution < -0.4 is 19.7 Å². The van der Waals surface area contributed by atoms with Crippen molar-refractivity contribution >= 4 is 28.1 Å². The number of nitrogens with one attached hydrogen (secondary N) is 1. The largest absolute Gasteiger partial charge is 0.497 e. The third-order valence-electron chi connectivity index (χ3n) is 4.98. The first-order valence-corrected chi connectivity index (χ1v) is 10.2. The lowest BCUT2D eigenvalue weighted by atomic mass is 9.96. The van der Waals surface area contributed by atoms with E-state index in [4.69, 9.17) is 9.47 Å². The second-order valence-corrected chi connectivity index (χ2v) is 7.74. The van der Waals surface area contributed by atoms with E-state index in [1.54, 1.807) is 43.8 Å². The standard InChI is InChI=1S/C20H23N5O3S/c1-27-16-11-15(12-17(13-16)28-2)21-18(26)14-5-9-25(10-6-14)20-23-22-19(29-20)24-7-3-4-8-24/h3-4,7-8,11-14H,5-6,9-10H2,1-2H3,(H,21,26). The molecular formula is C20H23N5O3S. The van der Waals surface area contributed by atoms with Gasteiger partial charge in [-0.2, -0.15) is 0 Å². The van der Waals surface area contributed by atoms with Crippen LogP contribution in [0.4, 0.5) is 10.8 Å². The van der Waals surface area contributed by atoms with Crippen LogP contribution in [0.1, 0.15) is 12.8 Å². The summed E-state index contributed by atoms with van der Waals surface area (Å²) in [4.78, 5) is 14.9. The van der Waals surface area contributed by atoms with Crippen LogP contribution in [0, 0.1) is 5.92 Å². The molecule has 1 fully saturated rings. The van der Waals surface area contributed by atoms with Gasteiger partial charge >= 0.3 is 0 Å². The molecular weight excluding hydrogens is 390 g/mol. The molecule has 3 heterocycles. The summed E-state index contributed by atoms with van der Waals surface area (Å²) < 4.78 is 12.5. The maximum absolute atomic E-state index is 12.7. The molecule has 9 heteroatoms. The topological polar surface area (TPSA) is 81.5 Å². The molecule has 152 valence electrons. The lowest BCUT2D eigenvalue weighted by Gasteiger charge is -2.30. The van der Waals surface area contributed by atoms with Crippen molar-refractivity contribution in [2.75, 3.05) is 37.5 Å². The van der Waals surface area contributed by atoms with Crippen LogP contribution in [0.5, 0.6) is 11.5 Å². The van der Waals surface area contributed by atoms with Crippen LogP contribution in [-0.2, 0) is 4.79 Å². The summed E-state index contributed by atoms with van der Waals surface area (Å²) in [5.74, 6) is 1.26. The highest BCUT2D eigenvalue weighted by Crippen LogP contribution is 2.30. The first-order valence-electron chi connectivity index (χ1n) is 9.42. The van der Waals surface area contributed by atoms with Crippen molar-refractivity contribution in [2.45, 2.75) is 12.8 Å². The van der Waals surface area contributed by atoms with Crippen molar-refractivity contribution in [1.29, 1.82) is 0 Å². The third kappa shape index (κ3) is 4.34. The number of amides is 1. The molecule has 0 spiro atoms. The van der Waals surface area contributed by atoms with Gasteiger partial charge in [0.1, 0.15) is 11.5 Å². The number of carbonyl (C=O) groups excluding carboxylic acids is 1. The highest BCUT2D eigenvalue weighted by atomic mass is 32.1. The van der Waals surface area contributed by atoms with Crippen LogP contribution in [0.3, 0.4) is 0 Å². The first kappa shape index (κ1) is 19.3. The van der Waals surface area contributed by atoms with Gasteiger partial charge in [0.2, 0.25) is 16.2 Å². The van der Waals surface area contributed by atoms with Gasteiger partial charge in [-0.15, -0.1) is 10.2 Å². The molecule has 0 unspecified atom stereocenters. The molecule has 4 rings (SSSR count). The van der Waals surface area contributed by atoms with Gasteiger partial charge in [-0.05, 0) is 25.0 Å². The van der Waals surface area contributed by atoms with E-state index in [2.05, 4.69) is 20.4 Å². The fourth-order valence-corrected chi connectivity index (χ4v) is 4.22. The van der Waals surface area contributed by atoms with Crippen molar-refractivity contribution in [3.8, 4) is 16.6 Å². The average molecular weight is 414 g/mol. The van der Waals surface area contributed by atoms with E-state index < -0.39 is 0 Å². The fraction of sp³-hybridized carbons (Fsp3) is 0.350. The minimum Gasteiger partial charge on any atom is -0.497 e. The molecule has 0 radical (unpaired) electrons. The smallest absolute Gasteiger partial charge is 0.227 e. The van der Waals surface area contributed by atoms with E-state index in [9.17, 15) is 4.79 Å². The molecule has 1 aromatic carbocycles. The van der Waals surface area contributed by atoms with E-state index in [-0.39, 0.29) is 11.8 Å². The lowest BCUT2D eigenvalue weighted by Crippen LogP contribution is -2.38. The molecule has 1 aliphatic heterocycles. The van der Waals surface area contributed by atoms with Crippen LogP contribution in [0.25, 0.3) is 5.13 Å². The number of carbonyl (C=O) groups is 1. The van der Waals surface area contributed by atoms with Gasteiger partial charge in [0.15, 0.2) is 0 Å². The molecule has 1 saturated heterocycles. The Morgan fingerprint density at radius 2 is 1.66 bits per heavy atom.